The lowest BCUT2D eigenvalue weighted by Crippen LogP contribution is -2.15. The maximum atomic E-state index is 12.9. The third-order valence-corrected chi connectivity index (χ3v) is 2.76. The number of aromatic nitrogens is 3. The van der Waals surface area contributed by atoms with Crippen LogP contribution in [0.15, 0.2) is 30.6 Å². The van der Waals surface area contributed by atoms with Gasteiger partial charge in [-0.15, -0.1) is 0 Å². The largest absolute Gasteiger partial charge is 0.416 e. The quantitative estimate of drug-likeness (QED) is 0.792. The predicted octanol–water partition coefficient (Wildman–Crippen LogP) is 3.58. The van der Waals surface area contributed by atoms with E-state index in [9.17, 15) is 13.2 Å². The summed E-state index contributed by atoms with van der Waals surface area (Å²) in [7, 11) is 0. The summed E-state index contributed by atoms with van der Waals surface area (Å²) in [6, 6.07) is 3.90. The third-order valence-electron chi connectivity index (χ3n) is 2.76. The Bertz CT molecular complexity index is 534. The van der Waals surface area contributed by atoms with Crippen molar-refractivity contribution in [1.29, 1.82) is 0 Å². The van der Waals surface area contributed by atoms with E-state index >= 15 is 0 Å². The Labute approximate surface area is 109 Å². The molecule has 0 saturated heterocycles. The first-order valence-electron chi connectivity index (χ1n) is 5.77. The van der Waals surface area contributed by atoms with E-state index in [-0.39, 0.29) is 5.41 Å². The molecule has 3 nitrogen and oxygen atoms in total. The highest BCUT2D eigenvalue weighted by Crippen LogP contribution is 2.34. The van der Waals surface area contributed by atoms with Gasteiger partial charge in [0, 0.05) is 0 Å². The molecular formula is C13H14F3N3. The number of benzene rings is 1. The summed E-state index contributed by atoms with van der Waals surface area (Å²) in [6.07, 6.45) is -1.53. The maximum absolute atomic E-state index is 12.9. The van der Waals surface area contributed by atoms with E-state index in [2.05, 4.69) is 10.2 Å². The fourth-order valence-electron chi connectivity index (χ4n) is 1.67. The molecule has 2 rings (SSSR count). The monoisotopic (exact) mass is 269 g/mol. The molecule has 19 heavy (non-hydrogen) atoms. The minimum absolute atomic E-state index is 0.310. The lowest BCUT2D eigenvalue weighted by atomic mass is 9.86. The molecule has 0 aliphatic carbocycles. The smallest absolute Gasteiger partial charge is 0.166 e. The van der Waals surface area contributed by atoms with Gasteiger partial charge < -0.3 is 0 Å². The topological polar surface area (TPSA) is 30.7 Å². The second-order valence-corrected chi connectivity index (χ2v) is 5.33. The van der Waals surface area contributed by atoms with Crippen molar-refractivity contribution in [1.82, 2.24) is 15.0 Å². The minimum atomic E-state index is -4.39. The summed E-state index contributed by atoms with van der Waals surface area (Å²) in [5.41, 5.74) is -0.171. The Kier molecular flexibility index (Phi) is 3.12. The van der Waals surface area contributed by atoms with Crippen LogP contribution in [-0.2, 0) is 11.6 Å². The van der Waals surface area contributed by atoms with Crippen LogP contribution in [0.3, 0.4) is 0 Å². The summed E-state index contributed by atoms with van der Waals surface area (Å²) in [6.45, 7) is 5.59. The van der Waals surface area contributed by atoms with Crippen LogP contribution in [0.4, 0.5) is 13.2 Å². The Hall–Kier alpha value is -1.85. The molecule has 6 heteroatoms. The molecule has 0 N–H and O–H groups in total. The lowest BCUT2D eigenvalue weighted by Gasteiger charge is -2.21. The first-order valence-corrected chi connectivity index (χ1v) is 5.77. The van der Waals surface area contributed by atoms with Crippen LogP contribution in [0.1, 0.15) is 31.9 Å². The van der Waals surface area contributed by atoms with Gasteiger partial charge in [-0.2, -0.15) is 28.2 Å². The first kappa shape index (κ1) is 13.6. The Morgan fingerprint density at radius 3 is 1.89 bits per heavy atom. The second-order valence-electron chi connectivity index (χ2n) is 5.33. The van der Waals surface area contributed by atoms with Crippen molar-refractivity contribution >= 4 is 0 Å². The summed E-state index contributed by atoms with van der Waals surface area (Å²) >= 11 is 0. The number of alkyl halides is 3. The molecule has 0 amide bonds. The Morgan fingerprint density at radius 1 is 0.895 bits per heavy atom. The molecule has 1 aromatic carbocycles. The minimum Gasteiger partial charge on any atom is -0.166 e. The van der Waals surface area contributed by atoms with Gasteiger partial charge in [0.05, 0.1) is 23.6 Å². The molecule has 0 aliphatic heterocycles. The van der Waals surface area contributed by atoms with Crippen molar-refractivity contribution in [2.24, 2.45) is 0 Å². The van der Waals surface area contributed by atoms with E-state index in [1.807, 2.05) is 20.8 Å². The highest BCUT2D eigenvalue weighted by molar-refractivity contribution is 5.42. The van der Waals surface area contributed by atoms with E-state index in [0.717, 1.165) is 6.07 Å². The summed E-state index contributed by atoms with van der Waals surface area (Å²) in [5, 5.41) is 7.74. The van der Waals surface area contributed by atoms with E-state index < -0.39 is 11.7 Å². The van der Waals surface area contributed by atoms with Gasteiger partial charge in [0.2, 0.25) is 0 Å². The zero-order valence-electron chi connectivity index (χ0n) is 10.9. The van der Waals surface area contributed by atoms with Gasteiger partial charge in [-0.3, -0.25) is 0 Å². The predicted molar refractivity (Wildman–Crippen MR) is 65.1 cm³/mol. The van der Waals surface area contributed by atoms with Gasteiger partial charge in [0.1, 0.15) is 0 Å². The third kappa shape index (κ3) is 2.94. The van der Waals surface area contributed by atoms with Crippen LogP contribution in [0.2, 0.25) is 0 Å². The Morgan fingerprint density at radius 2 is 1.42 bits per heavy atom. The molecule has 102 valence electrons. The van der Waals surface area contributed by atoms with Crippen molar-refractivity contribution in [3.63, 3.8) is 0 Å². The Balaban J connectivity index is 2.62. The molecule has 0 aliphatic rings. The molecule has 0 unspecified atom stereocenters. The van der Waals surface area contributed by atoms with Crippen LogP contribution in [-0.4, -0.2) is 15.0 Å². The zero-order valence-corrected chi connectivity index (χ0v) is 10.9. The average molecular weight is 269 g/mol. The highest BCUT2D eigenvalue weighted by atomic mass is 19.4. The highest BCUT2D eigenvalue weighted by Gasteiger charge is 2.32. The number of rotatable bonds is 1. The van der Waals surface area contributed by atoms with Crippen molar-refractivity contribution in [2.75, 3.05) is 0 Å². The van der Waals surface area contributed by atoms with Gasteiger partial charge in [-0.05, 0) is 29.2 Å². The van der Waals surface area contributed by atoms with Gasteiger partial charge in [-0.1, -0.05) is 20.8 Å². The van der Waals surface area contributed by atoms with E-state index in [1.165, 1.54) is 23.3 Å². The van der Waals surface area contributed by atoms with Crippen LogP contribution in [0.5, 0.6) is 0 Å². The molecule has 0 spiro atoms. The van der Waals surface area contributed by atoms with Crippen LogP contribution in [0.25, 0.3) is 5.69 Å². The molecule has 0 atom stereocenters. The van der Waals surface area contributed by atoms with Crippen molar-refractivity contribution < 1.29 is 13.2 Å². The van der Waals surface area contributed by atoms with Crippen molar-refractivity contribution in [2.45, 2.75) is 32.4 Å². The van der Waals surface area contributed by atoms with Gasteiger partial charge >= 0.3 is 6.18 Å². The summed E-state index contributed by atoms with van der Waals surface area (Å²) in [5.74, 6) is 0. The van der Waals surface area contributed by atoms with Gasteiger partial charge in [-0.25, -0.2) is 0 Å². The van der Waals surface area contributed by atoms with E-state index in [4.69, 9.17) is 0 Å². The van der Waals surface area contributed by atoms with Crippen LogP contribution in [0, 0.1) is 0 Å². The first-order chi connectivity index (χ1) is 8.68. The van der Waals surface area contributed by atoms with E-state index in [0.29, 0.717) is 11.3 Å². The van der Waals surface area contributed by atoms with Gasteiger partial charge in [0.15, 0.2) is 0 Å². The molecule has 0 fully saturated rings. The molecule has 0 saturated carbocycles. The molecule has 0 radical (unpaired) electrons. The lowest BCUT2D eigenvalue weighted by molar-refractivity contribution is -0.137. The van der Waals surface area contributed by atoms with Crippen LogP contribution >= 0.6 is 0 Å². The SMILES string of the molecule is CC(C)(C)c1cc(-n2nccn2)cc(C(F)(F)F)c1. The molecule has 1 aromatic heterocycles. The average Bonchev–Trinajstić information content (AvgIpc) is 2.79. The number of hydrogen-bond acceptors (Lipinski definition) is 2. The van der Waals surface area contributed by atoms with Crippen LogP contribution < -0.4 is 0 Å². The zero-order chi connectivity index (χ0) is 14.3. The fourth-order valence-corrected chi connectivity index (χ4v) is 1.67. The fraction of sp³-hybridized carbons (Fsp3) is 0.385. The summed E-state index contributed by atoms with van der Waals surface area (Å²) in [4.78, 5) is 1.18. The molecule has 2 aromatic rings. The summed E-state index contributed by atoms with van der Waals surface area (Å²) < 4.78 is 38.8. The normalized spacial score (nSPS) is 12.7. The van der Waals surface area contributed by atoms with Crippen molar-refractivity contribution in [3.8, 4) is 5.69 Å². The van der Waals surface area contributed by atoms with Gasteiger partial charge in [0.25, 0.3) is 0 Å². The molecule has 1 heterocycles. The number of halogens is 3. The molecular weight excluding hydrogens is 255 g/mol. The standard InChI is InChI=1S/C13H14F3N3/c1-12(2,3)9-6-10(13(14,15)16)8-11(7-9)19-17-4-5-18-19/h4-8H,1-3H3. The van der Waals surface area contributed by atoms with Crippen molar-refractivity contribution in [3.05, 3.63) is 41.7 Å². The maximum Gasteiger partial charge on any atom is 0.416 e. The van der Waals surface area contributed by atoms with E-state index in [1.54, 1.807) is 6.07 Å². The second kappa shape index (κ2) is 4.36. The molecule has 0 bridgehead atoms. The number of hydrogen-bond donors (Lipinski definition) is 0. The number of nitrogens with zero attached hydrogens (tertiary/aromatic N) is 3.